The van der Waals surface area contributed by atoms with Gasteiger partial charge in [0.1, 0.15) is 0 Å². The minimum atomic E-state index is 0.125. The van der Waals surface area contributed by atoms with Crippen molar-refractivity contribution >= 4 is 6.08 Å². The summed E-state index contributed by atoms with van der Waals surface area (Å²) in [6.45, 7) is 4.27. The van der Waals surface area contributed by atoms with E-state index in [9.17, 15) is 0 Å². The van der Waals surface area contributed by atoms with Crippen LogP contribution in [0.5, 0.6) is 0 Å². The molecule has 0 aliphatic carbocycles. The Balaban J connectivity index is 2.85. The molecule has 0 saturated heterocycles. The molecule has 2 nitrogen and oxygen atoms in total. The fraction of sp³-hybridized carbons (Fsp3) is 0.364. The van der Waals surface area contributed by atoms with Crippen LogP contribution in [0.3, 0.4) is 0 Å². The van der Waals surface area contributed by atoms with Gasteiger partial charge in [0.25, 0.3) is 0 Å². The molecule has 0 radical (unpaired) electrons. The van der Waals surface area contributed by atoms with E-state index in [2.05, 4.69) is 18.8 Å². The third-order valence-corrected chi connectivity index (χ3v) is 1.98. The van der Waals surface area contributed by atoms with Gasteiger partial charge in [-0.15, -0.1) is 0 Å². The molecule has 2 heteroatoms. The first-order valence-electron chi connectivity index (χ1n) is 4.45. The third kappa shape index (κ3) is 2.99. The summed E-state index contributed by atoms with van der Waals surface area (Å²) in [7, 11) is 0. The quantitative estimate of drug-likeness (QED) is 0.767. The molecular weight excluding hydrogens is 162 g/mol. The SMILES string of the molecule is CC(C)C(=Cc1ccncc1)CO. The van der Waals surface area contributed by atoms with E-state index in [0.717, 1.165) is 11.1 Å². The molecular formula is C11H15NO. The van der Waals surface area contributed by atoms with Crippen molar-refractivity contribution < 1.29 is 5.11 Å². The Labute approximate surface area is 78.9 Å². The maximum absolute atomic E-state index is 9.07. The van der Waals surface area contributed by atoms with Crippen molar-refractivity contribution in [1.82, 2.24) is 4.98 Å². The van der Waals surface area contributed by atoms with Gasteiger partial charge in [0.2, 0.25) is 0 Å². The molecule has 70 valence electrons. The van der Waals surface area contributed by atoms with Crippen LogP contribution in [0.25, 0.3) is 6.08 Å². The van der Waals surface area contributed by atoms with Gasteiger partial charge < -0.3 is 5.11 Å². The van der Waals surface area contributed by atoms with E-state index in [4.69, 9.17) is 5.11 Å². The molecule has 0 aliphatic heterocycles. The number of aliphatic hydroxyl groups is 1. The van der Waals surface area contributed by atoms with Crippen LogP contribution in [0.2, 0.25) is 0 Å². The summed E-state index contributed by atoms with van der Waals surface area (Å²) in [6, 6.07) is 3.86. The van der Waals surface area contributed by atoms with Crippen molar-refractivity contribution in [3.05, 3.63) is 35.7 Å². The van der Waals surface area contributed by atoms with Crippen LogP contribution >= 0.6 is 0 Å². The zero-order valence-electron chi connectivity index (χ0n) is 8.07. The van der Waals surface area contributed by atoms with Gasteiger partial charge in [0.05, 0.1) is 6.61 Å². The smallest absolute Gasteiger partial charge is 0.0647 e. The molecule has 0 unspecified atom stereocenters. The van der Waals surface area contributed by atoms with Crippen LogP contribution in [-0.4, -0.2) is 16.7 Å². The van der Waals surface area contributed by atoms with Crippen LogP contribution in [0.15, 0.2) is 30.1 Å². The molecule has 13 heavy (non-hydrogen) atoms. The maximum Gasteiger partial charge on any atom is 0.0647 e. The Kier molecular flexibility index (Phi) is 3.65. The Bertz CT molecular complexity index is 277. The van der Waals surface area contributed by atoms with Crippen LogP contribution in [0.1, 0.15) is 19.4 Å². The van der Waals surface area contributed by atoms with E-state index >= 15 is 0 Å². The lowest BCUT2D eigenvalue weighted by molar-refractivity contribution is 0.320. The topological polar surface area (TPSA) is 33.1 Å². The van der Waals surface area contributed by atoms with Crippen molar-refractivity contribution in [2.45, 2.75) is 13.8 Å². The highest BCUT2D eigenvalue weighted by Crippen LogP contribution is 2.13. The van der Waals surface area contributed by atoms with Gasteiger partial charge in [-0.05, 0) is 29.2 Å². The second kappa shape index (κ2) is 4.77. The standard InChI is InChI=1S/C11H15NO/c1-9(2)11(8-13)7-10-3-5-12-6-4-10/h3-7,9,13H,8H2,1-2H3. The molecule has 0 bridgehead atoms. The Morgan fingerprint density at radius 2 is 2.08 bits per heavy atom. The minimum Gasteiger partial charge on any atom is -0.392 e. The number of aliphatic hydroxyl groups excluding tert-OH is 1. The van der Waals surface area contributed by atoms with E-state index in [-0.39, 0.29) is 6.61 Å². The van der Waals surface area contributed by atoms with Crippen LogP contribution < -0.4 is 0 Å². The first-order valence-corrected chi connectivity index (χ1v) is 4.45. The summed E-state index contributed by atoms with van der Waals surface area (Å²) in [6.07, 6.45) is 5.51. The fourth-order valence-electron chi connectivity index (χ4n) is 1.07. The highest BCUT2D eigenvalue weighted by Gasteiger charge is 2.00. The number of hydrogen-bond acceptors (Lipinski definition) is 2. The first kappa shape index (κ1) is 9.93. The zero-order chi connectivity index (χ0) is 9.68. The minimum absolute atomic E-state index is 0.125. The van der Waals surface area contributed by atoms with E-state index < -0.39 is 0 Å². The lowest BCUT2D eigenvalue weighted by Gasteiger charge is -2.07. The number of aromatic nitrogens is 1. The molecule has 1 heterocycles. The Hall–Kier alpha value is -1.15. The molecule has 0 fully saturated rings. The maximum atomic E-state index is 9.07. The summed E-state index contributed by atoms with van der Waals surface area (Å²) in [5.74, 6) is 0.387. The van der Waals surface area contributed by atoms with Gasteiger partial charge in [-0.3, -0.25) is 4.98 Å². The summed E-state index contributed by atoms with van der Waals surface area (Å²) in [5.41, 5.74) is 2.14. The molecule has 1 aromatic heterocycles. The zero-order valence-corrected chi connectivity index (χ0v) is 8.07. The van der Waals surface area contributed by atoms with Crippen molar-refractivity contribution in [2.24, 2.45) is 5.92 Å². The number of hydrogen-bond donors (Lipinski definition) is 1. The van der Waals surface area contributed by atoms with Crippen molar-refractivity contribution in [3.8, 4) is 0 Å². The van der Waals surface area contributed by atoms with Gasteiger partial charge in [0.15, 0.2) is 0 Å². The molecule has 0 aromatic carbocycles. The Morgan fingerprint density at radius 1 is 1.46 bits per heavy atom. The highest BCUT2D eigenvalue weighted by molar-refractivity contribution is 5.52. The van der Waals surface area contributed by atoms with Crippen molar-refractivity contribution in [1.29, 1.82) is 0 Å². The normalized spacial score (nSPS) is 12.2. The molecule has 1 N–H and O–H groups in total. The highest BCUT2D eigenvalue weighted by atomic mass is 16.3. The van der Waals surface area contributed by atoms with Crippen LogP contribution in [0, 0.1) is 5.92 Å². The monoisotopic (exact) mass is 177 g/mol. The molecule has 0 atom stereocenters. The Morgan fingerprint density at radius 3 is 2.54 bits per heavy atom. The predicted octanol–water partition coefficient (Wildman–Crippen LogP) is 2.11. The average Bonchev–Trinajstić information content (AvgIpc) is 2.15. The molecule has 0 spiro atoms. The lowest BCUT2D eigenvalue weighted by atomic mass is 10.0. The van der Waals surface area contributed by atoms with E-state index in [1.807, 2.05) is 18.2 Å². The largest absolute Gasteiger partial charge is 0.392 e. The van der Waals surface area contributed by atoms with Gasteiger partial charge in [0, 0.05) is 12.4 Å². The van der Waals surface area contributed by atoms with E-state index in [0.29, 0.717) is 5.92 Å². The number of rotatable bonds is 3. The molecule has 1 aromatic rings. The fourth-order valence-corrected chi connectivity index (χ4v) is 1.07. The van der Waals surface area contributed by atoms with Gasteiger partial charge in [-0.25, -0.2) is 0 Å². The first-order chi connectivity index (χ1) is 6.24. The summed E-state index contributed by atoms with van der Waals surface area (Å²) in [4.78, 5) is 3.93. The van der Waals surface area contributed by atoms with E-state index in [1.54, 1.807) is 12.4 Å². The lowest BCUT2D eigenvalue weighted by Crippen LogP contribution is -1.98. The molecule has 0 aliphatic rings. The summed E-state index contributed by atoms with van der Waals surface area (Å²) >= 11 is 0. The summed E-state index contributed by atoms with van der Waals surface area (Å²) < 4.78 is 0. The van der Waals surface area contributed by atoms with Crippen molar-refractivity contribution in [3.63, 3.8) is 0 Å². The van der Waals surface area contributed by atoms with Crippen LogP contribution in [-0.2, 0) is 0 Å². The summed E-state index contributed by atoms with van der Waals surface area (Å²) in [5, 5.41) is 9.07. The van der Waals surface area contributed by atoms with Crippen molar-refractivity contribution in [2.75, 3.05) is 6.61 Å². The second-order valence-electron chi connectivity index (χ2n) is 3.31. The van der Waals surface area contributed by atoms with Crippen LogP contribution in [0.4, 0.5) is 0 Å². The number of pyridine rings is 1. The van der Waals surface area contributed by atoms with Gasteiger partial charge in [-0.1, -0.05) is 19.9 Å². The van der Waals surface area contributed by atoms with Gasteiger partial charge in [-0.2, -0.15) is 0 Å². The molecule has 1 rings (SSSR count). The third-order valence-electron chi connectivity index (χ3n) is 1.98. The number of nitrogens with zero attached hydrogens (tertiary/aromatic N) is 1. The molecule has 0 saturated carbocycles. The van der Waals surface area contributed by atoms with E-state index in [1.165, 1.54) is 0 Å². The average molecular weight is 177 g/mol. The predicted molar refractivity (Wildman–Crippen MR) is 54.1 cm³/mol. The second-order valence-corrected chi connectivity index (χ2v) is 3.31. The molecule has 0 amide bonds. The van der Waals surface area contributed by atoms with Gasteiger partial charge >= 0.3 is 0 Å².